The highest BCUT2D eigenvalue weighted by molar-refractivity contribution is 5.87. The van der Waals surface area contributed by atoms with Crippen LogP contribution in [-0.4, -0.2) is 55.5 Å². The molecule has 13 heteroatoms. The lowest BCUT2D eigenvalue weighted by Gasteiger charge is -2.16. The lowest BCUT2D eigenvalue weighted by atomic mass is 10.1. The number of halogens is 1. The topological polar surface area (TPSA) is 171 Å². The maximum Gasteiger partial charge on any atom is 0.280 e. The van der Waals surface area contributed by atoms with Crippen molar-refractivity contribution in [3.8, 4) is 0 Å². The van der Waals surface area contributed by atoms with Gasteiger partial charge in [0, 0.05) is 11.8 Å². The molecule has 4 atom stereocenters. The second kappa shape index (κ2) is 6.47. The number of carbonyl (C=O) groups is 1. The quantitative estimate of drug-likeness (QED) is 0.396. The number of rotatable bonds is 4. The summed E-state index contributed by atoms with van der Waals surface area (Å²) in [5, 5.41) is 14.9. The van der Waals surface area contributed by atoms with Crippen molar-refractivity contribution in [3.05, 3.63) is 27.1 Å². The number of imidazole rings is 1. The molecule has 1 aliphatic heterocycles. The number of nitrogens with zero attached hydrogens (tertiary/aromatic N) is 6. The van der Waals surface area contributed by atoms with Gasteiger partial charge in [0.25, 0.3) is 5.56 Å². The van der Waals surface area contributed by atoms with E-state index in [0.29, 0.717) is 0 Å². The van der Waals surface area contributed by atoms with Gasteiger partial charge in [0.15, 0.2) is 11.2 Å². The van der Waals surface area contributed by atoms with Crippen LogP contribution in [0.2, 0.25) is 0 Å². The minimum absolute atomic E-state index is 0.00132. The van der Waals surface area contributed by atoms with Crippen molar-refractivity contribution in [2.45, 2.75) is 31.5 Å². The largest absolute Gasteiger partial charge is 0.394 e. The van der Waals surface area contributed by atoms with Crippen LogP contribution in [0.3, 0.4) is 0 Å². The molecule has 0 aromatic carbocycles. The Morgan fingerprint density at radius 2 is 2.44 bits per heavy atom. The van der Waals surface area contributed by atoms with Crippen LogP contribution in [0.5, 0.6) is 0 Å². The van der Waals surface area contributed by atoms with Gasteiger partial charge in [0.05, 0.1) is 12.9 Å². The standard InChI is InChI=1S/C12H13FN8O4/c1-4(23)16-12-17-9-8(10(24)18-12)15-3-21(9)11-7(19-20-14)6(13)5(2-22)25-11/h3,5-7,11,22H,2H2,1H3,(H2,16,17,18,23,24)/t5-,6-,7-,11-/m1/s1. The molecule has 12 nitrogen and oxygen atoms in total. The number of azide groups is 1. The third-order valence-electron chi connectivity index (χ3n) is 3.65. The van der Waals surface area contributed by atoms with E-state index in [2.05, 4.69) is 30.3 Å². The van der Waals surface area contributed by atoms with Crippen LogP contribution in [0.25, 0.3) is 21.6 Å². The third-order valence-corrected chi connectivity index (χ3v) is 3.65. The van der Waals surface area contributed by atoms with E-state index in [4.69, 9.17) is 10.3 Å². The fourth-order valence-electron chi connectivity index (χ4n) is 2.60. The molecule has 1 amide bonds. The number of hydrogen-bond acceptors (Lipinski definition) is 7. The number of fused-ring (bicyclic) bond motifs is 1. The minimum Gasteiger partial charge on any atom is -0.394 e. The Balaban J connectivity index is 2.11. The Labute approximate surface area is 138 Å². The first-order valence-corrected chi connectivity index (χ1v) is 7.15. The van der Waals surface area contributed by atoms with Crippen molar-refractivity contribution in [3.63, 3.8) is 0 Å². The molecule has 25 heavy (non-hydrogen) atoms. The Morgan fingerprint density at radius 1 is 1.68 bits per heavy atom. The average Bonchev–Trinajstić information content (AvgIpc) is 3.09. The maximum atomic E-state index is 14.3. The normalized spacial score (nSPS) is 25.7. The summed E-state index contributed by atoms with van der Waals surface area (Å²) in [6.07, 6.45) is -2.93. The van der Waals surface area contributed by atoms with E-state index in [0.717, 1.165) is 0 Å². The number of nitrogens with one attached hydrogen (secondary N) is 2. The number of carbonyl (C=O) groups excluding carboxylic acids is 1. The highest BCUT2D eigenvalue weighted by Crippen LogP contribution is 2.35. The fraction of sp³-hybridized carbons (Fsp3) is 0.500. The number of H-pyrrole nitrogens is 1. The molecule has 0 radical (unpaired) electrons. The number of anilines is 1. The zero-order chi connectivity index (χ0) is 18.1. The van der Waals surface area contributed by atoms with Crippen molar-refractivity contribution in [1.82, 2.24) is 19.5 Å². The first-order chi connectivity index (χ1) is 12.0. The SMILES string of the molecule is CC(=O)Nc1nc2c(ncn2[C@@H]2O[C@H](CO)[C@@H](F)[C@H]2N=[N+]=[N-])c(=O)[nH]1. The number of alkyl halides is 1. The van der Waals surface area contributed by atoms with E-state index < -0.39 is 42.6 Å². The monoisotopic (exact) mass is 352 g/mol. The van der Waals surface area contributed by atoms with Crippen LogP contribution in [0.4, 0.5) is 10.3 Å². The molecule has 3 N–H and O–H groups in total. The Hall–Kier alpha value is -3.02. The Kier molecular flexibility index (Phi) is 4.35. The second-order valence-electron chi connectivity index (χ2n) is 5.31. The minimum atomic E-state index is -1.75. The zero-order valence-corrected chi connectivity index (χ0v) is 12.8. The summed E-state index contributed by atoms with van der Waals surface area (Å²) >= 11 is 0. The number of ether oxygens (including phenoxy) is 1. The molecule has 0 saturated carbocycles. The summed E-state index contributed by atoms with van der Waals surface area (Å²) < 4.78 is 20.9. The van der Waals surface area contributed by atoms with Crippen LogP contribution < -0.4 is 10.9 Å². The van der Waals surface area contributed by atoms with Crippen molar-refractivity contribution < 1.29 is 19.0 Å². The van der Waals surface area contributed by atoms with Gasteiger partial charge in [0.2, 0.25) is 11.9 Å². The second-order valence-corrected chi connectivity index (χ2v) is 5.31. The summed E-state index contributed by atoms with van der Waals surface area (Å²) in [6, 6.07) is -1.29. The van der Waals surface area contributed by atoms with Gasteiger partial charge in [-0.2, -0.15) is 4.98 Å². The third kappa shape index (κ3) is 2.91. The van der Waals surface area contributed by atoms with E-state index in [-0.39, 0.29) is 17.1 Å². The Morgan fingerprint density at radius 3 is 3.08 bits per heavy atom. The van der Waals surface area contributed by atoms with Gasteiger partial charge in [-0.3, -0.25) is 24.5 Å². The van der Waals surface area contributed by atoms with Crippen LogP contribution in [0, 0.1) is 0 Å². The van der Waals surface area contributed by atoms with E-state index >= 15 is 0 Å². The summed E-state index contributed by atoms with van der Waals surface area (Å²) in [5.74, 6) is -0.581. The fourth-order valence-corrected chi connectivity index (χ4v) is 2.60. The molecule has 2 aromatic rings. The van der Waals surface area contributed by atoms with E-state index in [1.807, 2.05) is 0 Å². The maximum absolute atomic E-state index is 14.3. The highest BCUT2D eigenvalue weighted by atomic mass is 19.1. The van der Waals surface area contributed by atoms with Gasteiger partial charge in [0.1, 0.15) is 24.5 Å². The van der Waals surface area contributed by atoms with Crippen LogP contribution in [-0.2, 0) is 9.53 Å². The van der Waals surface area contributed by atoms with Crippen molar-refractivity contribution in [2.24, 2.45) is 5.11 Å². The predicted octanol–water partition coefficient (Wildman–Crippen LogP) is -0.0153. The molecular weight excluding hydrogens is 339 g/mol. The van der Waals surface area contributed by atoms with Crippen molar-refractivity contribution in [2.75, 3.05) is 11.9 Å². The zero-order valence-electron chi connectivity index (χ0n) is 12.8. The van der Waals surface area contributed by atoms with Gasteiger partial charge in [-0.1, -0.05) is 5.11 Å². The lowest BCUT2D eigenvalue weighted by molar-refractivity contribution is -0.114. The first kappa shape index (κ1) is 16.8. The molecule has 1 aliphatic rings. The summed E-state index contributed by atoms with van der Waals surface area (Å²) in [6.45, 7) is 0.617. The van der Waals surface area contributed by atoms with Crippen LogP contribution in [0.15, 0.2) is 16.2 Å². The number of amides is 1. The smallest absolute Gasteiger partial charge is 0.280 e. The number of aliphatic hydroxyl groups excluding tert-OH is 1. The van der Waals surface area contributed by atoms with E-state index in [1.54, 1.807) is 0 Å². The molecule has 1 saturated heterocycles. The molecule has 0 aliphatic carbocycles. The number of aromatic nitrogens is 4. The van der Waals surface area contributed by atoms with Gasteiger partial charge in [-0.15, -0.1) is 0 Å². The Bertz CT molecular complexity index is 919. The molecule has 0 spiro atoms. The molecule has 3 rings (SSSR count). The number of aromatic amines is 1. The van der Waals surface area contributed by atoms with E-state index in [9.17, 15) is 19.1 Å². The van der Waals surface area contributed by atoms with Crippen LogP contribution in [0.1, 0.15) is 13.2 Å². The van der Waals surface area contributed by atoms with E-state index in [1.165, 1.54) is 17.8 Å². The lowest BCUT2D eigenvalue weighted by Crippen LogP contribution is -2.28. The number of hydrogen-bond donors (Lipinski definition) is 3. The molecular formula is C12H13FN8O4. The summed E-state index contributed by atoms with van der Waals surface area (Å²) in [7, 11) is 0. The molecule has 0 bridgehead atoms. The molecule has 3 heterocycles. The van der Waals surface area contributed by atoms with Crippen molar-refractivity contribution in [1.29, 1.82) is 0 Å². The summed E-state index contributed by atoms with van der Waals surface area (Å²) in [5.41, 5.74) is 7.96. The first-order valence-electron chi connectivity index (χ1n) is 7.15. The van der Waals surface area contributed by atoms with Crippen LogP contribution >= 0.6 is 0 Å². The predicted molar refractivity (Wildman–Crippen MR) is 81.3 cm³/mol. The van der Waals surface area contributed by atoms with Gasteiger partial charge in [-0.25, -0.2) is 9.37 Å². The average molecular weight is 352 g/mol. The molecule has 0 unspecified atom stereocenters. The summed E-state index contributed by atoms with van der Waals surface area (Å²) in [4.78, 5) is 36.1. The van der Waals surface area contributed by atoms with Crippen molar-refractivity contribution >= 4 is 23.0 Å². The molecule has 132 valence electrons. The molecule has 2 aromatic heterocycles. The highest BCUT2D eigenvalue weighted by Gasteiger charge is 2.46. The molecule has 1 fully saturated rings. The van der Waals surface area contributed by atoms with Gasteiger partial charge in [-0.05, 0) is 5.53 Å². The number of aliphatic hydroxyl groups is 1. The van der Waals surface area contributed by atoms with Gasteiger partial charge >= 0.3 is 0 Å². The van der Waals surface area contributed by atoms with Gasteiger partial charge < -0.3 is 9.84 Å².